The molecule has 0 fully saturated rings. The Kier molecular flexibility index (Phi) is 4.32. The van der Waals surface area contributed by atoms with Crippen LogP contribution in [0.1, 0.15) is 19.4 Å². The molecule has 0 aliphatic carbocycles. The lowest BCUT2D eigenvalue weighted by Gasteiger charge is -2.16. The maximum atomic E-state index is 10.4. The van der Waals surface area contributed by atoms with Gasteiger partial charge in [0.2, 0.25) is 0 Å². The molecule has 2 aromatic rings. The second kappa shape index (κ2) is 6.56. The van der Waals surface area contributed by atoms with E-state index >= 15 is 0 Å². The van der Waals surface area contributed by atoms with Crippen molar-refractivity contribution in [1.29, 1.82) is 0 Å². The molecule has 0 aromatic heterocycles. The van der Waals surface area contributed by atoms with E-state index in [-0.39, 0.29) is 6.90 Å². The van der Waals surface area contributed by atoms with Crippen LogP contribution >= 0.6 is 11.6 Å². The van der Waals surface area contributed by atoms with Crippen LogP contribution in [0.4, 0.5) is 0 Å². The van der Waals surface area contributed by atoms with Crippen molar-refractivity contribution in [1.82, 2.24) is 0 Å². The summed E-state index contributed by atoms with van der Waals surface area (Å²) in [6.07, 6.45) is 1.04. The lowest BCUT2D eigenvalue weighted by atomic mass is 9.94. The van der Waals surface area contributed by atoms with Gasteiger partial charge in [0, 0.05) is 6.39 Å². The van der Waals surface area contributed by atoms with Crippen LogP contribution in [0.25, 0.3) is 11.6 Å². The molecule has 1 atom stereocenters. The zero-order chi connectivity index (χ0) is 15.2. The van der Waals surface area contributed by atoms with Gasteiger partial charge in [-0.1, -0.05) is 60.6 Å². The van der Waals surface area contributed by atoms with Crippen molar-refractivity contribution in [2.24, 2.45) is 0 Å². The summed E-state index contributed by atoms with van der Waals surface area (Å²) in [6, 6.07) is 17.0. The average molecular weight is 286 g/mol. The molecule has 0 radical (unpaired) electrons. The predicted molar refractivity (Wildman–Crippen MR) is 86.6 cm³/mol. The fourth-order valence-corrected chi connectivity index (χ4v) is 2.04. The lowest BCUT2D eigenvalue weighted by molar-refractivity contribution is 0.269. The molecule has 0 aliphatic rings. The molecule has 1 N–H and O–H groups in total. The number of rotatable bonds is 4. The number of aliphatic hydroxyl groups excluding tert-OH is 1. The van der Waals surface area contributed by atoms with Gasteiger partial charge in [-0.2, -0.15) is 0 Å². The standard InChI is InChI=1S/C18H17ClO/c1-13(2)18(20)17(15-6-4-3-5-7-15)12-14-8-10-16(19)11-9-14/h3-12,18,20H,1H2,2H3/b17-12-/i2D. The smallest absolute Gasteiger partial charge is 0.100 e. The summed E-state index contributed by atoms with van der Waals surface area (Å²) in [4.78, 5) is 0. The average Bonchev–Trinajstić information content (AvgIpc) is 2.53. The maximum absolute atomic E-state index is 10.4. The minimum Gasteiger partial charge on any atom is -0.384 e. The van der Waals surface area contributed by atoms with Crippen molar-refractivity contribution >= 4 is 23.3 Å². The van der Waals surface area contributed by atoms with Crippen LogP contribution in [0.3, 0.4) is 0 Å². The van der Waals surface area contributed by atoms with E-state index in [9.17, 15) is 5.11 Å². The highest BCUT2D eigenvalue weighted by molar-refractivity contribution is 6.30. The van der Waals surface area contributed by atoms with Gasteiger partial charge in [0.25, 0.3) is 0 Å². The van der Waals surface area contributed by atoms with Crippen molar-refractivity contribution in [2.75, 3.05) is 0 Å². The molecule has 0 aliphatic heterocycles. The molecule has 0 saturated heterocycles. The Hall–Kier alpha value is -1.83. The van der Waals surface area contributed by atoms with Gasteiger partial charge in [-0.3, -0.25) is 0 Å². The Balaban J connectivity index is 2.45. The van der Waals surface area contributed by atoms with Gasteiger partial charge in [0.05, 0.1) is 0 Å². The van der Waals surface area contributed by atoms with Gasteiger partial charge in [0.1, 0.15) is 6.10 Å². The number of aliphatic hydroxyl groups is 1. The van der Waals surface area contributed by atoms with E-state index in [4.69, 9.17) is 13.0 Å². The second-order valence-electron chi connectivity index (χ2n) is 4.58. The molecule has 1 unspecified atom stereocenters. The van der Waals surface area contributed by atoms with Crippen molar-refractivity contribution in [2.45, 2.75) is 13.0 Å². The van der Waals surface area contributed by atoms with E-state index in [1.54, 1.807) is 0 Å². The van der Waals surface area contributed by atoms with Gasteiger partial charge in [-0.15, -0.1) is 0 Å². The molecule has 20 heavy (non-hydrogen) atoms. The van der Waals surface area contributed by atoms with Crippen LogP contribution in [-0.4, -0.2) is 11.2 Å². The van der Waals surface area contributed by atoms with Crippen molar-refractivity contribution in [3.63, 3.8) is 0 Å². The zero-order valence-corrected chi connectivity index (χ0v) is 11.8. The molecule has 2 aromatic carbocycles. The Morgan fingerprint density at radius 1 is 1.20 bits per heavy atom. The third-order valence-electron chi connectivity index (χ3n) is 2.98. The first-order chi connectivity index (χ1) is 10.1. The van der Waals surface area contributed by atoms with Gasteiger partial charge in [-0.05, 0) is 47.4 Å². The highest BCUT2D eigenvalue weighted by Gasteiger charge is 2.13. The summed E-state index contributed by atoms with van der Waals surface area (Å²) < 4.78 is 7.40. The predicted octanol–water partition coefficient (Wildman–Crippen LogP) is 4.82. The molecule has 0 spiro atoms. The third kappa shape index (κ3) is 3.60. The van der Waals surface area contributed by atoms with E-state index in [0.717, 1.165) is 16.7 Å². The molecule has 102 valence electrons. The molecular weight excluding hydrogens is 268 g/mol. The van der Waals surface area contributed by atoms with E-state index in [2.05, 4.69) is 6.58 Å². The molecule has 2 rings (SSSR count). The van der Waals surface area contributed by atoms with Crippen molar-refractivity contribution in [3.8, 4) is 0 Å². The molecule has 0 saturated carbocycles. The van der Waals surface area contributed by atoms with Crippen LogP contribution in [0.2, 0.25) is 5.02 Å². The normalized spacial score (nSPS) is 13.7. The van der Waals surface area contributed by atoms with E-state index < -0.39 is 6.10 Å². The fraction of sp³-hybridized carbons (Fsp3) is 0.111. The first-order valence-electron chi connectivity index (χ1n) is 7.00. The van der Waals surface area contributed by atoms with Gasteiger partial charge < -0.3 is 5.11 Å². The summed E-state index contributed by atoms with van der Waals surface area (Å²) in [5.74, 6) is 0. The molecular formula is C18H17ClO. The zero-order valence-electron chi connectivity index (χ0n) is 12.1. The first-order valence-corrected chi connectivity index (χ1v) is 6.67. The SMILES string of the molecule is [2H]CC(=C)C(O)/C(=C\c1ccc(Cl)cc1)c1ccccc1. The monoisotopic (exact) mass is 285 g/mol. The lowest BCUT2D eigenvalue weighted by Crippen LogP contribution is -2.10. The van der Waals surface area contributed by atoms with Crippen LogP contribution < -0.4 is 0 Å². The minimum atomic E-state index is -0.861. The number of benzene rings is 2. The van der Waals surface area contributed by atoms with E-state index in [0.29, 0.717) is 10.6 Å². The Bertz CT molecular complexity index is 632. The largest absolute Gasteiger partial charge is 0.384 e. The first kappa shape index (κ1) is 13.2. The number of hydrogen-bond donors (Lipinski definition) is 1. The van der Waals surface area contributed by atoms with Crippen LogP contribution in [0.15, 0.2) is 66.7 Å². The quantitative estimate of drug-likeness (QED) is 0.631. The summed E-state index contributed by atoms with van der Waals surface area (Å²) in [6.45, 7) is 3.77. The van der Waals surface area contributed by atoms with Crippen LogP contribution in [0, 0.1) is 0 Å². The minimum absolute atomic E-state index is 0.00798. The highest BCUT2D eigenvalue weighted by atomic mass is 35.5. The Morgan fingerprint density at radius 2 is 1.85 bits per heavy atom. The van der Waals surface area contributed by atoms with Gasteiger partial charge >= 0.3 is 0 Å². The highest BCUT2D eigenvalue weighted by Crippen LogP contribution is 2.25. The third-order valence-corrected chi connectivity index (χ3v) is 3.23. The number of hydrogen-bond acceptors (Lipinski definition) is 1. The Labute approximate surface area is 126 Å². The van der Waals surface area contributed by atoms with E-state index in [1.807, 2.05) is 60.7 Å². The van der Waals surface area contributed by atoms with Crippen molar-refractivity contribution < 1.29 is 6.48 Å². The summed E-state index contributed by atoms with van der Waals surface area (Å²) >= 11 is 5.89. The Morgan fingerprint density at radius 3 is 2.45 bits per heavy atom. The summed E-state index contributed by atoms with van der Waals surface area (Å²) in [5, 5.41) is 11.1. The van der Waals surface area contributed by atoms with E-state index in [1.165, 1.54) is 0 Å². The molecule has 2 heteroatoms. The molecule has 0 heterocycles. The molecule has 1 nitrogen and oxygen atoms in total. The van der Waals surface area contributed by atoms with Crippen molar-refractivity contribution in [3.05, 3.63) is 82.9 Å². The van der Waals surface area contributed by atoms with Gasteiger partial charge in [0.15, 0.2) is 0 Å². The van der Waals surface area contributed by atoms with Gasteiger partial charge in [-0.25, -0.2) is 0 Å². The summed E-state index contributed by atoms with van der Waals surface area (Å²) in [7, 11) is 0. The van der Waals surface area contributed by atoms with Crippen LogP contribution in [0.5, 0.6) is 0 Å². The molecule has 0 amide bonds. The molecule has 0 bridgehead atoms. The van der Waals surface area contributed by atoms with Crippen LogP contribution in [-0.2, 0) is 0 Å². The maximum Gasteiger partial charge on any atom is 0.100 e. The second-order valence-corrected chi connectivity index (χ2v) is 5.01. The topological polar surface area (TPSA) is 20.2 Å². The number of halogens is 1. The fourth-order valence-electron chi connectivity index (χ4n) is 1.91. The summed E-state index contributed by atoms with van der Waals surface area (Å²) in [5.41, 5.74) is 3.05.